The highest BCUT2D eigenvalue weighted by molar-refractivity contribution is 5.63. The molecule has 1 aliphatic carbocycles. The van der Waals surface area contributed by atoms with Crippen LogP contribution in [0.5, 0.6) is 0 Å². The van der Waals surface area contributed by atoms with Crippen LogP contribution in [-0.2, 0) is 0 Å². The second kappa shape index (κ2) is 10.2. The van der Waals surface area contributed by atoms with E-state index in [1.807, 2.05) is 6.07 Å². The molecule has 0 saturated heterocycles. The van der Waals surface area contributed by atoms with Crippen LogP contribution in [-0.4, -0.2) is 0 Å². The predicted molar refractivity (Wildman–Crippen MR) is 111 cm³/mol. The first kappa shape index (κ1) is 22.7. The maximum absolute atomic E-state index is 13.3. The lowest BCUT2D eigenvalue weighted by Crippen LogP contribution is -1.90. The van der Waals surface area contributed by atoms with Crippen LogP contribution in [0.1, 0.15) is 36.5 Å². The van der Waals surface area contributed by atoms with Gasteiger partial charge in [-0.2, -0.15) is 0 Å². The Bertz CT molecular complexity index is 915. The van der Waals surface area contributed by atoms with Gasteiger partial charge in [0.05, 0.1) is 0 Å². The van der Waals surface area contributed by atoms with Crippen LogP contribution < -0.4 is 0 Å². The number of hydrogen-bond acceptors (Lipinski definition) is 0. The van der Waals surface area contributed by atoms with E-state index in [1.165, 1.54) is 31.0 Å². The molecule has 0 aromatic heterocycles. The van der Waals surface area contributed by atoms with Gasteiger partial charge in [0.15, 0.2) is 11.6 Å². The van der Waals surface area contributed by atoms with Crippen molar-refractivity contribution in [1.29, 1.82) is 0 Å². The number of aryl methyl sites for hydroxylation is 2. The van der Waals surface area contributed by atoms with Crippen LogP contribution in [0.4, 0.5) is 17.6 Å². The topological polar surface area (TPSA) is 0 Å². The van der Waals surface area contributed by atoms with Gasteiger partial charge >= 0.3 is 0 Å². The van der Waals surface area contributed by atoms with Crippen molar-refractivity contribution in [2.24, 2.45) is 5.92 Å². The Morgan fingerprint density at radius 3 is 1.66 bits per heavy atom. The largest absolute Gasteiger partial charge is 0.207 e. The molecule has 3 aromatic carbocycles. The average molecular weight is 402 g/mol. The van der Waals surface area contributed by atoms with Crippen molar-refractivity contribution in [3.8, 4) is 11.1 Å². The van der Waals surface area contributed by atoms with Crippen LogP contribution in [0.3, 0.4) is 0 Å². The van der Waals surface area contributed by atoms with Gasteiger partial charge in [-0.15, -0.1) is 0 Å². The van der Waals surface area contributed by atoms with E-state index in [9.17, 15) is 17.6 Å². The molecule has 3 aromatic rings. The lowest BCUT2D eigenvalue weighted by atomic mass is 10.0. The van der Waals surface area contributed by atoms with Crippen molar-refractivity contribution in [2.75, 3.05) is 0 Å². The van der Waals surface area contributed by atoms with Gasteiger partial charge in [0, 0.05) is 0 Å². The maximum atomic E-state index is 13.3. The van der Waals surface area contributed by atoms with E-state index >= 15 is 0 Å². The molecule has 4 rings (SSSR count). The monoisotopic (exact) mass is 402 g/mol. The molecule has 1 fully saturated rings. The molecule has 0 nitrogen and oxygen atoms in total. The maximum Gasteiger partial charge on any atom is 0.161 e. The summed E-state index contributed by atoms with van der Waals surface area (Å²) < 4.78 is 50.9. The summed E-state index contributed by atoms with van der Waals surface area (Å²) in [5.74, 6) is -0.953. The van der Waals surface area contributed by atoms with E-state index in [0.717, 1.165) is 28.7 Å². The Balaban J connectivity index is 0.000000183. The zero-order chi connectivity index (χ0) is 21.6. The fourth-order valence-corrected chi connectivity index (χ4v) is 2.33. The van der Waals surface area contributed by atoms with Crippen LogP contribution >= 0.6 is 0 Å². The standard InChI is InChI=1S/C13H10F2.C8H8F2.C4H8/c1-9-2-3-11(8-13(9)15)10-4-6-12(14)7-5-10;1-5-3-4-7(9)8(10)6(5)2;1-4-2-3-4/h2-8H,1H3;3-4H,1-2H3;4H,2-3H2,1H3. The van der Waals surface area contributed by atoms with Crippen molar-refractivity contribution in [2.45, 2.75) is 40.5 Å². The highest BCUT2D eigenvalue weighted by Gasteiger charge is 2.12. The number of benzene rings is 3. The zero-order valence-electron chi connectivity index (χ0n) is 17.2. The Labute approximate surface area is 170 Å². The summed E-state index contributed by atoms with van der Waals surface area (Å²) in [6.45, 7) is 7.30. The summed E-state index contributed by atoms with van der Waals surface area (Å²) >= 11 is 0. The predicted octanol–water partition coefficient (Wildman–Crippen LogP) is 7.94. The summed E-state index contributed by atoms with van der Waals surface area (Å²) in [6, 6.07) is 13.7. The third-order valence-electron chi connectivity index (χ3n) is 4.83. The number of halogens is 4. The van der Waals surface area contributed by atoms with Crippen molar-refractivity contribution >= 4 is 0 Å². The molecule has 1 aliphatic rings. The van der Waals surface area contributed by atoms with Gasteiger partial charge in [-0.1, -0.05) is 50.1 Å². The molecular weight excluding hydrogens is 376 g/mol. The van der Waals surface area contributed by atoms with Crippen LogP contribution in [0.2, 0.25) is 0 Å². The summed E-state index contributed by atoms with van der Waals surface area (Å²) in [6.07, 6.45) is 2.97. The minimum atomic E-state index is -0.775. The lowest BCUT2D eigenvalue weighted by Gasteiger charge is -2.03. The highest BCUT2D eigenvalue weighted by Crippen LogP contribution is 2.26. The normalized spacial score (nSPS) is 12.4. The van der Waals surface area contributed by atoms with Gasteiger partial charge in [0.2, 0.25) is 0 Å². The molecule has 0 atom stereocenters. The van der Waals surface area contributed by atoms with Crippen molar-refractivity contribution < 1.29 is 17.6 Å². The molecular formula is C25H26F4. The van der Waals surface area contributed by atoms with E-state index < -0.39 is 11.6 Å². The van der Waals surface area contributed by atoms with Crippen molar-refractivity contribution in [1.82, 2.24) is 0 Å². The van der Waals surface area contributed by atoms with Gasteiger partial charge in [0.1, 0.15) is 11.6 Å². The molecule has 0 amide bonds. The second-order valence-corrected chi connectivity index (χ2v) is 7.46. The molecule has 4 heteroatoms. The first-order valence-corrected chi connectivity index (χ1v) is 9.62. The lowest BCUT2D eigenvalue weighted by molar-refractivity contribution is 0.502. The zero-order valence-corrected chi connectivity index (χ0v) is 17.2. The Hall–Kier alpha value is -2.62. The average Bonchev–Trinajstić information content (AvgIpc) is 3.49. The van der Waals surface area contributed by atoms with E-state index in [0.29, 0.717) is 11.1 Å². The molecule has 0 unspecified atom stereocenters. The van der Waals surface area contributed by atoms with Crippen molar-refractivity contribution in [3.05, 3.63) is 94.6 Å². The molecule has 0 aliphatic heterocycles. The van der Waals surface area contributed by atoms with Crippen LogP contribution in [0, 0.1) is 50.0 Å². The first-order chi connectivity index (χ1) is 13.7. The fourth-order valence-electron chi connectivity index (χ4n) is 2.33. The third-order valence-corrected chi connectivity index (χ3v) is 4.83. The molecule has 29 heavy (non-hydrogen) atoms. The number of rotatable bonds is 1. The van der Waals surface area contributed by atoms with Gasteiger partial charge in [-0.3, -0.25) is 0 Å². The van der Waals surface area contributed by atoms with E-state index in [1.54, 1.807) is 45.0 Å². The van der Waals surface area contributed by atoms with E-state index in [-0.39, 0.29) is 11.6 Å². The summed E-state index contributed by atoms with van der Waals surface area (Å²) in [4.78, 5) is 0. The number of hydrogen-bond donors (Lipinski definition) is 0. The molecule has 0 radical (unpaired) electrons. The smallest absolute Gasteiger partial charge is 0.161 e. The first-order valence-electron chi connectivity index (χ1n) is 9.62. The van der Waals surface area contributed by atoms with Crippen LogP contribution in [0.25, 0.3) is 11.1 Å². The minimum Gasteiger partial charge on any atom is -0.207 e. The van der Waals surface area contributed by atoms with Gasteiger partial charge < -0.3 is 0 Å². The SMILES string of the molecule is CC1CC1.Cc1ccc(-c2ccc(F)cc2)cc1F.Cc1ccc(F)c(F)c1C. The van der Waals surface area contributed by atoms with E-state index in [2.05, 4.69) is 6.92 Å². The van der Waals surface area contributed by atoms with Crippen molar-refractivity contribution in [3.63, 3.8) is 0 Å². The fraction of sp³-hybridized carbons (Fsp3) is 0.280. The molecule has 0 N–H and O–H groups in total. The Kier molecular flexibility index (Phi) is 8.00. The molecule has 0 spiro atoms. The van der Waals surface area contributed by atoms with Crippen LogP contribution in [0.15, 0.2) is 54.6 Å². The molecule has 1 saturated carbocycles. The summed E-state index contributed by atoms with van der Waals surface area (Å²) in [5.41, 5.74) is 3.35. The molecule has 154 valence electrons. The molecule has 0 heterocycles. The highest BCUT2D eigenvalue weighted by atomic mass is 19.2. The summed E-state index contributed by atoms with van der Waals surface area (Å²) in [7, 11) is 0. The molecule has 0 bridgehead atoms. The summed E-state index contributed by atoms with van der Waals surface area (Å²) in [5, 5.41) is 0. The third kappa shape index (κ3) is 7.04. The minimum absolute atomic E-state index is 0.239. The quantitative estimate of drug-likeness (QED) is 0.362. The van der Waals surface area contributed by atoms with Gasteiger partial charge in [-0.05, 0) is 78.8 Å². The second-order valence-electron chi connectivity index (χ2n) is 7.46. The van der Waals surface area contributed by atoms with Gasteiger partial charge in [-0.25, -0.2) is 17.6 Å². The Morgan fingerprint density at radius 1 is 0.655 bits per heavy atom. The van der Waals surface area contributed by atoms with Gasteiger partial charge in [0.25, 0.3) is 0 Å². The Morgan fingerprint density at radius 2 is 1.17 bits per heavy atom. The van der Waals surface area contributed by atoms with E-state index in [4.69, 9.17) is 0 Å².